The summed E-state index contributed by atoms with van der Waals surface area (Å²) in [5.74, 6) is 0.0408. The summed E-state index contributed by atoms with van der Waals surface area (Å²) in [5.41, 5.74) is 2.85. The molecule has 1 atom stereocenters. The lowest BCUT2D eigenvalue weighted by atomic mass is 9.75. The molecule has 124 valence electrons. The number of nitrogens with zero attached hydrogens (tertiary/aromatic N) is 4. The molecule has 1 aliphatic rings. The first-order chi connectivity index (χ1) is 11.6. The number of nitrogens with one attached hydrogen (secondary N) is 2. The molecule has 0 radical (unpaired) electrons. The van der Waals surface area contributed by atoms with E-state index in [9.17, 15) is 9.90 Å². The predicted molar refractivity (Wildman–Crippen MR) is 86.0 cm³/mol. The van der Waals surface area contributed by atoms with E-state index in [-0.39, 0.29) is 24.0 Å². The first kappa shape index (κ1) is 14.8. The van der Waals surface area contributed by atoms with E-state index in [4.69, 9.17) is 0 Å². The first-order valence-corrected chi connectivity index (χ1v) is 7.88. The molecule has 0 bridgehead atoms. The van der Waals surface area contributed by atoms with Crippen LogP contribution in [-0.2, 0) is 7.05 Å². The molecule has 2 heterocycles. The van der Waals surface area contributed by atoms with E-state index in [1.807, 2.05) is 13.2 Å². The molecule has 1 aromatic carbocycles. The standard InChI is InChI=1S/C16H18N6O2/c1-22-8-11(7-17-22)15(10-4-12(23)5-10)18-16(24)9-2-3-13-14(6-9)20-21-19-13/h2-3,6-8,10,12,15,23H,4-5H2,1H3,(H,18,24)(H,19,20,21)/t10?,12?,15-/m1/s1. The quantitative estimate of drug-likeness (QED) is 0.661. The number of aromatic nitrogens is 5. The highest BCUT2D eigenvalue weighted by Crippen LogP contribution is 2.38. The fourth-order valence-corrected chi connectivity index (χ4v) is 3.18. The van der Waals surface area contributed by atoms with Crippen molar-refractivity contribution in [3.8, 4) is 0 Å². The summed E-state index contributed by atoms with van der Waals surface area (Å²) in [6.45, 7) is 0. The molecule has 0 saturated heterocycles. The largest absolute Gasteiger partial charge is 0.393 e. The molecule has 0 spiro atoms. The van der Waals surface area contributed by atoms with E-state index in [1.54, 1.807) is 29.1 Å². The summed E-state index contributed by atoms with van der Waals surface area (Å²) in [7, 11) is 1.84. The summed E-state index contributed by atoms with van der Waals surface area (Å²) in [4.78, 5) is 12.7. The molecule has 3 N–H and O–H groups in total. The van der Waals surface area contributed by atoms with E-state index in [0.717, 1.165) is 11.1 Å². The first-order valence-electron chi connectivity index (χ1n) is 7.88. The van der Waals surface area contributed by atoms with Crippen molar-refractivity contribution in [3.05, 3.63) is 41.7 Å². The third kappa shape index (κ3) is 2.65. The number of carbonyl (C=O) groups excluding carboxylic acids is 1. The van der Waals surface area contributed by atoms with Crippen LogP contribution < -0.4 is 5.32 Å². The minimum Gasteiger partial charge on any atom is -0.393 e. The van der Waals surface area contributed by atoms with Crippen LogP contribution in [0.5, 0.6) is 0 Å². The number of amides is 1. The number of H-pyrrole nitrogens is 1. The van der Waals surface area contributed by atoms with Gasteiger partial charge in [-0.1, -0.05) is 0 Å². The smallest absolute Gasteiger partial charge is 0.251 e. The molecule has 4 rings (SSSR count). The fraction of sp³-hybridized carbons (Fsp3) is 0.375. The second-order valence-electron chi connectivity index (χ2n) is 6.31. The summed E-state index contributed by atoms with van der Waals surface area (Å²) in [5, 5.41) is 27.4. The third-order valence-corrected chi connectivity index (χ3v) is 4.57. The Labute approximate surface area is 137 Å². The van der Waals surface area contributed by atoms with Gasteiger partial charge in [0.05, 0.1) is 18.3 Å². The summed E-state index contributed by atoms with van der Waals surface area (Å²) >= 11 is 0. The predicted octanol–water partition coefficient (Wildman–Crippen LogP) is 0.933. The van der Waals surface area contributed by atoms with Gasteiger partial charge in [0, 0.05) is 24.4 Å². The van der Waals surface area contributed by atoms with Gasteiger partial charge in [0.15, 0.2) is 0 Å². The summed E-state index contributed by atoms with van der Waals surface area (Å²) in [6.07, 6.45) is 4.75. The molecule has 0 aliphatic heterocycles. The van der Waals surface area contributed by atoms with E-state index < -0.39 is 0 Å². The van der Waals surface area contributed by atoms with Gasteiger partial charge in [0.1, 0.15) is 11.0 Å². The Hall–Kier alpha value is -2.74. The maximum Gasteiger partial charge on any atom is 0.251 e. The molecular weight excluding hydrogens is 308 g/mol. The Balaban J connectivity index is 1.58. The average Bonchev–Trinajstić information content (AvgIpc) is 3.17. The van der Waals surface area contributed by atoms with Crippen molar-refractivity contribution in [2.45, 2.75) is 25.0 Å². The van der Waals surface area contributed by atoms with Gasteiger partial charge in [-0.2, -0.15) is 20.5 Å². The number of benzene rings is 1. The van der Waals surface area contributed by atoms with Gasteiger partial charge in [-0.05, 0) is 37.0 Å². The molecule has 2 aromatic heterocycles. The highest BCUT2D eigenvalue weighted by Gasteiger charge is 2.36. The number of fused-ring (bicyclic) bond motifs is 1. The fourth-order valence-electron chi connectivity index (χ4n) is 3.18. The SMILES string of the molecule is Cn1cc([C@H](NC(=O)c2ccc3n[nH]nc3c2)C2CC(O)C2)cn1. The maximum atomic E-state index is 12.7. The number of carbonyl (C=O) groups is 1. The van der Waals surface area contributed by atoms with E-state index in [1.165, 1.54) is 0 Å². The molecule has 1 fully saturated rings. The van der Waals surface area contributed by atoms with Crippen LogP contribution in [0.1, 0.15) is 34.8 Å². The highest BCUT2D eigenvalue weighted by atomic mass is 16.3. The van der Waals surface area contributed by atoms with Crippen LogP contribution in [0.3, 0.4) is 0 Å². The van der Waals surface area contributed by atoms with Crippen molar-refractivity contribution < 1.29 is 9.90 Å². The van der Waals surface area contributed by atoms with Crippen LogP contribution in [0.25, 0.3) is 11.0 Å². The number of aryl methyl sites for hydroxylation is 1. The van der Waals surface area contributed by atoms with E-state index >= 15 is 0 Å². The molecule has 1 aliphatic carbocycles. The molecule has 3 aromatic rings. The van der Waals surface area contributed by atoms with Crippen molar-refractivity contribution in [3.63, 3.8) is 0 Å². The lowest BCUT2D eigenvalue weighted by molar-refractivity contribution is 0.0235. The second kappa shape index (κ2) is 5.72. The topological polar surface area (TPSA) is 109 Å². The van der Waals surface area contributed by atoms with Crippen molar-refractivity contribution in [1.82, 2.24) is 30.5 Å². The Kier molecular flexibility index (Phi) is 3.53. The van der Waals surface area contributed by atoms with Crippen LogP contribution in [0, 0.1) is 5.92 Å². The van der Waals surface area contributed by atoms with E-state index in [2.05, 4.69) is 25.8 Å². The number of aromatic amines is 1. The van der Waals surface area contributed by atoms with Gasteiger partial charge in [0.25, 0.3) is 5.91 Å². The van der Waals surface area contributed by atoms with Gasteiger partial charge in [-0.15, -0.1) is 0 Å². The Bertz CT molecular complexity index is 879. The van der Waals surface area contributed by atoms with Crippen LogP contribution >= 0.6 is 0 Å². The number of hydrogen-bond donors (Lipinski definition) is 3. The minimum absolute atomic E-state index is 0.164. The maximum absolute atomic E-state index is 12.7. The van der Waals surface area contributed by atoms with Crippen LogP contribution in [0.4, 0.5) is 0 Å². The van der Waals surface area contributed by atoms with Gasteiger partial charge in [0.2, 0.25) is 0 Å². The molecule has 0 unspecified atom stereocenters. The van der Waals surface area contributed by atoms with Crippen LogP contribution in [-0.4, -0.2) is 42.3 Å². The number of aliphatic hydroxyl groups is 1. The van der Waals surface area contributed by atoms with Gasteiger partial charge in [-0.3, -0.25) is 9.48 Å². The van der Waals surface area contributed by atoms with Crippen molar-refractivity contribution in [2.75, 3.05) is 0 Å². The Morgan fingerprint density at radius 1 is 1.38 bits per heavy atom. The Morgan fingerprint density at radius 3 is 2.88 bits per heavy atom. The molecule has 1 saturated carbocycles. The lowest BCUT2D eigenvalue weighted by Gasteiger charge is -2.37. The number of rotatable bonds is 4. The molecule has 24 heavy (non-hydrogen) atoms. The number of hydrogen-bond acceptors (Lipinski definition) is 5. The second-order valence-corrected chi connectivity index (χ2v) is 6.31. The lowest BCUT2D eigenvalue weighted by Crippen LogP contribution is -2.41. The van der Waals surface area contributed by atoms with Crippen LogP contribution in [0.2, 0.25) is 0 Å². The third-order valence-electron chi connectivity index (χ3n) is 4.57. The van der Waals surface area contributed by atoms with Crippen LogP contribution in [0.15, 0.2) is 30.6 Å². The average molecular weight is 326 g/mol. The van der Waals surface area contributed by atoms with Crippen molar-refractivity contribution in [2.24, 2.45) is 13.0 Å². The molecule has 1 amide bonds. The van der Waals surface area contributed by atoms with Gasteiger partial charge in [-0.25, -0.2) is 0 Å². The summed E-state index contributed by atoms with van der Waals surface area (Å²) in [6, 6.07) is 5.04. The zero-order valence-electron chi connectivity index (χ0n) is 13.2. The molecule has 8 heteroatoms. The normalized spacial score (nSPS) is 21.4. The monoisotopic (exact) mass is 326 g/mol. The minimum atomic E-state index is -0.280. The van der Waals surface area contributed by atoms with Gasteiger partial charge >= 0.3 is 0 Å². The zero-order chi connectivity index (χ0) is 16.7. The Morgan fingerprint density at radius 2 is 2.17 bits per heavy atom. The van der Waals surface area contributed by atoms with Crippen molar-refractivity contribution in [1.29, 1.82) is 0 Å². The zero-order valence-corrected chi connectivity index (χ0v) is 13.2. The molecular formula is C16H18N6O2. The molecule has 8 nitrogen and oxygen atoms in total. The van der Waals surface area contributed by atoms with Gasteiger partial charge < -0.3 is 10.4 Å². The van der Waals surface area contributed by atoms with Crippen molar-refractivity contribution >= 4 is 16.9 Å². The summed E-state index contributed by atoms with van der Waals surface area (Å²) < 4.78 is 1.71. The van der Waals surface area contributed by atoms with E-state index in [0.29, 0.717) is 23.9 Å². The number of aliphatic hydroxyl groups excluding tert-OH is 1. The highest BCUT2D eigenvalue weighted by molar-refractivity contribution is 5.97.